The molecule has 0 fully saturated rings. The number of nitrogens with one attached hydrogen (secondary N) is 1. The van der Waals surface area contributed by atoms with Gasteiger partial charge in [-0.3, -0.25) is 14.1 Å². The molecule has 0 aliphatic carbocycles. The van der Waals surface area contributed by atoms with Gasteiger partial charge in [0.1, 0.15) is 34.4 Å². The van der Waals surface area contributed by atoms with E-state index in [0.717, 1.165) is 18.8 Å². The van der Waals surface area contributed by atoms with Crippen molar-refractivity contribution in [2.24, 2.45) is 0 Å². The number of nitrogens with zero attached hydrogens (tertiary/aromatic N) is 4. The molecule has 2 N–H and O–H groups in total. The molecule has 3 aromatic rings. The molecule has 0 spiro atoms. The zero-order chi connectivity index (χ0) is 29.6. The first-order valence-corrected chi connectivity index (χ1v) is 14.2. The Morgan fingerprint density at radius 1 is 1.10 bits per heavy atom. The van der Waals surface area contributed by atoms with Crippen LogP contribution < -0.4 is 19.8 Å². The van der Waals surface area contributed by atoms with E-state index in [1.165, 1.54) is 25.7 Å². The molecule has 12 nitrogen and oxygen atoms in total. The first kappa shape index (κ1) is 30.8. The molecule has 0 aliphatic rings. The van der Waals surface area contributed by atoms with Gasteiger partial charge in [0.05, 0.1) is 32.7 Å². The number of aromatic hydroxyl groups is 1. The van der Waals surface area contributed by atoms with E-state index in [-0.39, 0.29) is 28.8 Å². The lowest BCUT2D eigenvalue weighted by Gasteiger charge is -2.26. The van der Waals surface area contributed by atoms with E-state index >= 15 is 0 Å². The van der Waals surface area contributed by atoms with Crippen molar-refractivity contribution in [3.8, 4) is 23.1 Å². The minimum absolute atomic E-state index is 0.0681. The Morgan fingerprint density at radius 2 is 1.70 bits per heavy atom. The van der Waals surface area contributed by atoms with E-state index in [0.29, 0.717) is 12.8 Å². The van der Waals surface area contributed by atoms with Crippen LogP contribution in [0.2, 0.25) is 0 Å². The lowest BCUT2D eigenvalue weighted by atomic mass is 10.2. The first-order chi connectivity index (χ1) is 18.9. The molecule has 14 heteroatoms. The average Bonchev–Trinajstić information content (AvgIpc) is 2.92. The van der Waals surface area contributed by atoms with E-state index in [1.54, 1.807) is 32.0 Å². The van der Waals surface area contributed by atoms with Crippen molar-refractivity contribution < 1.29 is 32.1 Å². The van der Waals surface area contributed by atoms with Crippen LogP contribution in [0.3, 0.4) is 0 Å². The molecular formula is C26H34FN5O7S. The van der Waals surface area contributed by atoms with E-state index in [9.17, 15) is 22.7 Å². The second-order valence-corrected chi connectivity index (χ2v) is 11.2. The molecule has 2 atom stereocenters. The number of anilines is 1. The van der Waals surface area contributed by atoms with Crippen LogP contribution in [0.15, 0.2) is 35.4 Å². The standard InChI is InChI=1S/C26H34FN5O7S/c1-7-8-12-20-30-25(33)21(26(34)32(20)22-18(37-5)10-9-11-19(22)38-6)31-40(35,36)16(4)23(39-15(2)3)24-28-13-17(27)14-29-24/h9-11,13-16,23,31,33H,7-8,12H2,1-6H3/t16-,23+/m0/s1. The Kier molecular flexibility index (Phi) is 10.0. The summed E-state index contributed by atoms with van der Waals surface area (Å²) >= 11 is 0. The molecule has 40 heavy (non-hydrogen) atoms. The van der Waals surface area contributed by atoms with Crippen molar-refractivity contribution in [1.82, 2.24) is 19.5 Å². The van der Waals surface area contributed by atoms with Crippen molar-refractivity contribution >= 4 is 15.7 Å². The maximum Gasteiger partial charge on any atom is 0.286 e. The summed E-state index contributed by atoms with van der Waals surface area (Å²) in [6.07, 6.45) is 1.83. The van der Waals surface area contributed by atoms with Crippen LogP contribution >= 0.6 is 0 Å². The monoisotopic (exact) mass is 579 g/mol. The summed E-state index contributed by atoms with van der Waals surface area (Å²) in [7, 11) is -1.61. The van der Waals surface area contributed by atoms with Gasteiger partial charge in [-0.25, -0.2) is 22.8 Å². The number of methoxy groups -OCH3 is 2. The summed E-state index contributed by atoms with van der Waals surface area (Å²) in [4.78, 5) is 25.8. The van der Waals surface area contributed by atoms with Crippen LogP contribution in [-0.4, -0.2) is 58.6 Å². The maximum atomic E-state index is 13.9. The van der Waals surface area contributed by atoms with Gasteiger partial charge in [0.2, 0.25) is 15.9 Å². The second kappa shape index (κ2) is 13.0. The highest BCUT2D eigenvalue weighted by atomic mass is 32.2. The van der Waals surface area contributed by atoms with Gasteiger partial charge in [-0.2, -0.15) is 4.98 Å². The van der Waals surface area contributed by atoms with Crippen LogP contribution in [0.5, 0.6) is 17.4 Å². The van der Waals surface area contributed by atoms with E-state index in [1.807, 2.05) is 6.92 Å². The third kappa shape index (κ3) is 6.67. The molecule has 0 saturated carbocycles. The zero-order valence-corrected chi connectivity index (χ0v) is 24.0. The molecule has 1 aromatic carbocycles. The number of para-hydroxylation sites is 1. The lowest BCUT2D eigenvalue weighted by molar-refractivity contribution is 0.00144. The lowest BCUT2D eigenvalue weighted by Crippen LogP contribution is -2.37. The highest BCUT2D eigenvalue weighted by Gasteiger charge is 2.36. The zero-order valence-electron chi connectivity index (χ0n) is 23.2. The fraction of sp³-hybridized carbons (Fsp3) is 0.462. The Morgan fingerprint density at radius 3 is 2.23 bits per heavy atom. The number of hydrogen-bond acceptors (Lipinski definition) is 10. The van der Waals surface area contributed by atoms with Crippen molar-refractivity contribution in [2.45, 2.75) is 64.4 Å². The summed E-state index contributed by atoms with van der Waals surface area (Å²) in [5.41, 5.74) is -1.37. The van der Waals surface area contributed by atoms with Crippen molar-refractivity contribution in [3.05, 3.63) is 58.4 Å². The number of benzene rings is 1. The molecular weight excluding hydrogens is 545 g/mol. The van der Waals surface area contributed by atoms with E-state index in [4.69, 9.17) is 14.2 Å². The molecule has 2 heterocycles. The summed E-state index contributed by atoms with van der Waals surface area (Å²) < 4.78 is 60.6. The number of hydrogen-bond donors (Lipinski definition) is 2. The van der Waals surface area contributed by atoms with Crippen molar-refractivity contribution in [3.63, 3.8) is 0 Å². The number of unbranched alkanes of at least 4 members (excludes halogenated alkanes) is 1. The van der Waals surface area contributed by atoms with Crippen LogP contribution in [-0.2, 0) is 21.2 Å². The molecule has 0 radical (unpaired) electrons. The Hall–Kier alpha value is -3.78. The molecule has 0 amide bonds. The van der Waals surface area contributed by atoms with Crippen LogP contribution in [0.4, 0.5) is 10.1 Å². The van der Waals surface area contributed by atoms with Crippen molar-refractivity contribution in [1.29, 1.82) is 0 Å². The largest absolute Gasteiger partial charge is 0.494 e. The third-order valence-electron chi connectivity index (χ3n) is 5.99. The topological polar surface area (TPSA) is 155 Å². The smallest absolute Gasteiger partial charge is 0.286 e. The predicted molar refractivity (Wildman–Crippen MR) is 146 cm³/mol. The van der Waals surface area contributed by atoms with Gasteiger partial charge in [-0.1, -0.05) is 19.4 Å². The molecule has 2 aromatic heterocycles. The van der Waals surface area contributed by atoms with Gasteiger partial charge < -0.3 is 19.3 Å². The number of ether oxygens (including phenoxy) is 3. The molecule has 0 aliphatic heterocycles. The van der Waals surface area contributed by atoms with Gasteiger partial charge in [0.15, 0.2) is 17.3 Å². The molecule has 0 unspecified atom stereocenters. The Balaban J connectivity index is 2.17. The summed E-state index contributed by atoms with van der Waals surface area (Å²) in [6, 6.07) is 4.90. The number of halogens is 1. The number of sulfonamides is 1. The first-order valence-electron chi connectivity index (χ1n) is 12.7. The average molecular weight is 580 g/mol. The Labute approximate surface area is 232 Å². The minimum atomic E-state index is -4.45. The van der Waals surface area contributed by atoms with Gasteiger partial charge in [0, 0.05) is 6.42 Å². The quantitative estimate of drug-likeness (QED) is 0.307. The summed E-state index contributed by atoms with van der Waals surface area (Å²) in [5.74, 6) is -0.839. The van der Waals surface area contributed by atoms with E-state index < -0.39 is 50.4 Å². The van der Waals surface area contributed by atoms with Gasteiger partial charge in [0.25, 0.3) is 5.56 Å². The summed E-state index contributed by atoms with van der Waals surface area (Å²) in [5, 5.41) is 9.38. The molecule has 3 rings (SSSR count). The maximum absolute atomic E-state index is 13.9. The summed E-state index contributed by atoms with van der Waals surface area (Å²) in [6.45, 7) is 6.65. The molecule has 0 saturated heterocycles. The SMILES string of the molecule is CCCCc1nc(O)c(NS(=O)(=O)[C@@H](C)[C@@H](OC(C)C)c2ncc(F)cn2)c(=O)n1-c1c(OC)cccc1OC. The van der Waals surface area contributed by atoms with E-state index in [2.05, 4.69) is 19.7 Å². The van der Waals surface area contributed by atoms with Gasteiger partial charge in [-0.05, 0) is 39.3 Å². The van der Waals surface area contributed by atoms with Gasteiger partial charge >= 0.3 is 0 Å². The fourth-order valence-corrected chi connectivity index (χ4v) is 5.13. The van der Waals surface area contributed by atoms with Crippen molar-refractivity contribution in [2.75, 3.05) is 18.9 Å². The van der Waals surface area contributed by atoms with Crippen LogP contribution in [0, 0.1) is 5.82 Å². The molecule has 218 valence electrons. The minimum Gasteiger partial charge on any atom is -0.494 e. The highest BCUT2D eigenvalue weighted by Crippen LogP contribution is 2.34. The van der Waals surface area contributed by atoms with Crippen LogP contribution in [0.25, 0.3) is 5.69 Å². The van der Waals surface area contributed by atoms with Gasteiger partial charge in [-0.15, -0.1) is 0 Å². The van der Waals surface area contributed by atoms with Crippen LogP contribution in [0.1, 0.15) is 58.3 Å². The number of aromatic nitrogens is 4. The second-order valence-electron chi connectivity index (χ2n) is 9.20. The molecule has 0 bridgehead atoms. The number of rotatable bonds is 13. The Bertz CT molecular complexity index is 1460. The predicted octanol–water partition coefficient (Wildman–Crippen LogP) is 3.52. The number of aryl methyl sites for hydroxylation is 1. The fourth-order valence-electron chi connectivity index (χ4n) is 3.97. The normalized spacial score (nSPS) is 13.2. The third-order valence-corrected chi connectivity index (χ3v) is 7.70. The highest BCUT2D eigenvalue weighted by molar-refractivity contribution is 7.93.